The molecule has 4 rings (SSSR count). The maximum absolute atomic E-state index is 13.1. The third kappa shape index (κ3) is 4.09. The molecule has 31 heavy (non-hydrogen) atoms. The molecule has 2 aromatic carbocycles. The molecule has 0 aromatic heterocycles. The molecule has 0 bridgehead atoms. The molecule has 1 heterocycles. The fourth-order valence-electron chi connectivity index (χ4n) is 5.06. The first-order valence-corrected chi connectivity index (χ1v) is 11.1. The van der Waals surface area contributed by atoms with Gasteiger partial charge < -0.3 is 15.5 Å². The predicted molar refractivity (Wildman–Crippen MR) is 125 cm³/mol. The van der Waals surface area contributed by atoms with Gasteiger partial charge in [0.25, 0.3) is 0 Å². The molecule has 3 amide bonds. The Bertz CT molecular complexity index is 1030. The van der Waals surface area contributed by atoms with Crippen molar-refractivity contribution >= 4 is 23.2 Å². The number of carbonyl (C=O) groups is 2. The molecular weight excluding hydrogens is 386 g/mol. The normalized spacial score (nSPS) is 17.5. The van der Waals surface area contributed by atoms with E-state index in [0.717, 1.165) is 29.7 Å². The van der Waals surface area contributed by atoms with Gasteiger partial charge in [0.15, 0.2) is 0 Å². The van der Waals surface area contributed by atoms with Gasteiger partial charge in [-0.3, -0.25) is 4.79 Å². The predicted octanol–water partition coefficient (Wildman–Crippen LogP) is 4.69. The zero-order chi connectivity index (χ0) is 22.1. The van der Waals surface area contributed by atoms with Crippen LogP contribution in [0.5, 0.6) is 0 Å². The minimum atomic E-state index is -0.350. The Morgan fingerprint density at radius 3 is 2.48 bits per heavy atom. The summed E-state index contributed by atoms with van der Waals surface area (Å²) < 4.78 is 0. The lowest BCUT2D eigenvalue weighted by Gasteiger charge is -2.40. The second-order valence-electron chi connectivity index (χ2n) is 8.94. The number of fused-ring (bicyclic) bond motifs is 2. The lowest BCUT2D eigenvalue weighted by molar-refractivity contribution is -0.132. The summed E-state index contributed by atoms with van der Waals surface area (Å²) >= 11 is 0. The second-order valence-corrected chi connectivity index (χ2v) is 8.94. The quantitative estimate of drug-likeness (QED) is 0.758. The van der Waals surface area contributed by atoms with Crippen LogP contribution in [0, 0.1) is 19.8 Å². The van der Waals surface area contributed by atoms with Crippen molar-refractivity contribution in [3.05, 3.63) is 70.3 Å². The lowest BCUT2D eigenvalue weighted by Crippen LogP contribution is -2.51. The third-order valence-corrected chi connectivity index (χ3v) is 6.48. The number of nitrogens with zero attached hydrogens (tertiary/aromatic N) is 1. The number of amides is 3. The summed E-state index contributed by atoms with van der Waals surface area (Å²) in [6, 6.07) is 14.2. The van der Waals surface area contributed by atoms with Gasteiger partial charge in [-0.15, -0.1) is 0 Å². The summed E-state index contributed by atoms with van der Waals surface area (Å²) in [7, 11) is 0. The van der Waals surface area contributed by atoms with E-state index in [4.69, 9.17) is 0 Å². The summed E-state index contributed by atoms with van der Waals surface area (Å²) in [4.78, 5) is 27.5. The van der Waals surface area contributed by atoms with Gasteiger partial charge in [0.2, 0.25) is 5.91 Å². The molecule has 162 valence electrons. The second kappa shape index (κ2) is 8.58. The zero-order valence-corrected chi connectivity index (χ0v) is 18.8. The molecule has 2 aromatic rings. The van der Waals surface area contributed by atoms with Crippen LogP contribution in [0.4, 0.5) is 10.5 Å². The van der Waals surface area contributed by atoms with Crippen LogP contribution in [-0.4, -0.2) is 36.0 Å². The molecule has 0 radical (unpaired) electrons. The van der Waals surface area contributed by atoms with Gasteiger partial charge in [-0.25, -0.2) is 4.79 Å². The Balaban J connectivity index is 1.44. The van der Waals surface area contributed by atoms with Crippen molar-refractivity contribution in [3.63, 3.8) is 0 Å². The lowest BCUT2D eigenvalue weighted by atomic mass is 9.86. The van der Waals surface area contributed by atoms with Crippen molar-refractivity contribution in [2.24, 2.45) is 5.92 Å². The number of carbonyl (C=O) groups excluding carboxylic acids is 2. The number of anilines is 1. The van der Waals surface area contributed by atoms with Crippen LogP contribution < -0.4 is 10.6 Å². The first-order valence-electron chi connectivity index (χ1n) is 11.1. The minimum absolute atomic E-state index is 0.00442. The van der Waals surface area contributed by atoms with Gasteiger partial charge in [-0.05, 0) is 66.0 Å². The van der Waals surface area contributed by atoms with E-state index in [0.29, 0.717) is 12.5 Å². The average molecular weight is 418 g/mol. The average Bonchev–Trinajstić information content (AvgIpc) is 3.12. The Labute approximate surface area is 184 Å². The van der Waals surface area contributed by atoms with Crippen LogP contribution in [0.2, 0.25) is 0 Å². The van der Waals surface area contributed by atoms with Crippen LogP contribution in [0.15, 0.2) is 48.0 Å². The summed E-state index contributed by atoms with van der Waals surface area (Å²) in [5.74, 6) is 0.282. The number of rotatable bonds is 4. The molecule has 0 spiro atoms. The standard InChI is InChI=1S/C26H31N3O2/c1-16(2)25-22-14-19-10-5-6-11-20(19)21(22)12-13-29(25)23(30)15-27-26(31)28-24-17(3)8-7-9-18(24)4/h5-11,16,25H,12-15H2,1-4H3,(H2,27,28,31). The number of hydrogen-bond donors (Lipinski definition) is 2. The van der Waals surface area contributed by atoms with Gasteiger partial charge >= 0.3 is 6.03 Å². The van der Waals surface area contributed by atoms with Crippen LogP contribution in [-0.2, 0) is 11.2 Å². The van der Waals surface area contributed by atoms with E-state index in [9.17, 15) is 9.59 Å². The molecule has 0 fully saturated rings. The molecule has 1 atom stereocenters. The van der Waals surface area contributed by atoms with Crippen LogP contribution in [0.1, 0.15) is 42.5 Å². The smallest absolute Gasteiger partial charge is 0.319 e. The Hall–Kier alpha value is -3.08. The third-order valence-electron chi connectivity index (χ3n) is 6.48. The van der Waals surface area contributed by atoms with Crippen molar-refractivity contribution in [3.8, 4) is 0 Å². The van der Waals surface area contributed by atoms with Crippen molar-refractivity contribution in [2.75, 3.05) is 18.4 Å². The Kier molecular flexibility index (Phi) is 5.86. The molecule has 0 saturated carbocycles. The largest absolute Gasteiger partial charge is 0.334 e. The van der Waals surface area contributed by atoms with Gasteiger partial charge in [0, 0.05) is 12.2 Å². The van der Waals surface area contributed by atoms with E-state index in [1.165, 1.54) is 22.3 Å². The van der Waals surface area contributed by atoms with Gasteiger partial charge in [0.1, 0.15) is 0 Å². The zero-order valence-electron chi connectivity index (χ0n) is 18.8. The molecule has 5 nitrogen and oxygen atoms in total. The van der Waals surface area contributed by atoms with E-state index >= 15 is 0 Å². The highest BCUT2D eigenvalue weighted by Crippen LogP contribution is 2.42. The van der Waals surface area contributed by atoms with Crippen LogP contribution in [0.25, 0.3) is 5.57 Å². The monoisotopic (exact) mass is 417 g/mol. The minimum Gasteiger partial charge on any atom is -0.334 e. The van der Waals surface area contributed by atoms with Crippen molar-refractivity contribution in [1.29, 1.82) is 0 Å². The fourth-order valence-corrected chi connectivity index (χ4v) is 5.06. The van der Waals surface area contributed by atoms with E-state index in [1.54, 1.807) is 0 Å². The maximum Gasteiger partial charge on any atom is 0.319 e. The summed E-state index contributed by atoms with van der Waals surface area (Å²) in [6.07, 6.45) is 1.79. The van der Waals surface area contributed by atoms with Crippen LogP contribution in [0.3, 0.4) is 0 Å². The molecule has 2 aliphatic rings. The van der Waals surface area contributed by atoms with E-state index in [-0.39, 0.29) is 24.5 Å². The Morgan fingerprint density at radius 1 is 1.06 bits per heavy atom. The topological polar surface area (TPSA) is 61.4 Å². The van der Waals surface area contributed by atoms with Gasteiger partial charge in [-0.1, -0.05) is 56.3 Å². The van der Waals surface area contributed by atoms with Gasteiger partial charge in [0.05, 0.1) is 12.6 Å². The van der Waals surface area contributed by atoms with E-state index in [2.05, 4.69) is 48.7 Å². The van der Waals surface area contributed by atoms with Gasteiger partial charge in [-0.2, -0.15) is 0 Å². The first kappa shape index (κ1) is 21.2. The SMILES string of the molecule is Cc1cccc(C)c1NC(=O)NCC(=O)N1CCC2=C(Cc3ccccc32)C1C(C)C. The Morgan fingerprint density at radius 2 is 1.77 bits per heavy atom. The van der Waals surface area contributed by atoms with Crippen molar-refractivity contribution in [1.82, 2.24) is 10.2 Å². The molecule has 1 aliphatic heterocycles. The van der Waals surface area contributed by atoms with Crippen molar-refractivity contribution in [2.45, 2.75) is 46.6 Å². The highest BCUT2D eigenvalue weighted by Gasteiger charge is 2.38. The molecule has 2 N–H and O–H groups in total. The summed E-state index contributed by atoms with van der Waals surface area (Å²) in [5.41, 5.74) is 8.29. The molecule has 5 heteroatoms. The molecule has 1 unspecified atom stereocenters. The van der Waals surface area contributed by atoms with E-state index in [1.807, 2.05) is 36.9 Å². The van der Waals surface area contributed by atoms with E-state index < -0.39 is 0 Å². The molecule has 0 saturated heterocycles. The maximum atomic E-state index is 13.1. The number of aryl methyl sites for hydroxylation is 2. The number of urea groups is 1. The number of nitrogens with one attached hydrogen (secondary N) is 2. The number of para-hydroxylation sites is 1. The van der Waals surface area contributed by atoms with Crippen molar-refractivity contribution < 1.29 is 9.59 Å². The summed E-state index contributed by atoms with van der Waals surface area (Å²) in [6.45, 7) is 8.94. The fraction of sp³-hybridized carbons (Fsp3) is 0.385. The number of benzene rings is 2. The molecular formula is C26H31N3O2. The highest BCUT2D eigenvalue weighted by atomic mass is 16.2. The first-order chi connectivity index (χ1) is 14.9. The number of hydrogen-bond acceptors (Lipinski definition) is 2. The summed E-state index contributed by atoms with van der Waals surface area (Å²) in [5, 5.41) is 5.65. The molecule has 1 aliphatic carbocycles. The van der Waals surface area contributed by atoms with Crippen LogP contribution >= 0.6 is 0 Å². The highest BCUT2D eigenvalue weighted by molar-refractivity contribution is 5.94.